The van der Waals surface area contributed by atoms with Crippen molar-refractivity contribution in [2.45, 2.75) is 24.0 Å². The van der Waals surface area contributed by atoms with Gasteiger partial charge in [0.1, 0.15) is 0 Å². The molecule has 2 aromatic carbocycles. The molecule has 0 saturated carbocycles. The van der Waals surface area contributed by atoms with Gasteiger partial charge in [-0.1, -0.05) is 0 Å². The summed E-state index contributed by atoms with van der Waals surface area (Å²) in [5, 5.41) is 8.84. The Kier molecular flexibility index (Phi) is 5.09. The third-order valence-electron chi connectivity index (χ3n) is 3.26. The standard InChI is InChI=1S/C16H17AsO4S/c1-12-7-9-14(10-8-12)17(11-16(18)19)22(20,21)15-6-4-3-5-13(15)2/h3-10H,11H2,1-2H3,(H,18,19). The van der Waals surface area contributed by atoms with Crippen molar-refractivity contribution in [2.24, 2.45) is 0 Å². The first-order valence-corrected chi connectivity index (χ1v) is 12.7. The van der Waals surface area contributed by atoms with Gasteiger partial charge in [0, 0.05) is 0 Å². The van der Waals surface area contributed by atoms with Crippen LogP contribution in [0.15, 0.2) is 53.4 Å². The van der Waals surface area contributed by atoms with Crippen LogP contribution in [0.1, 0.15) is 11.1 Å². The molecule has 116 valence electrons. The van der Waals surface area contributed by atoms with E-state index >= 15 is 0 Å². The third-order valence-corrected chi connectivity index (χ3v) is 14.5. The van der Waals surface area contributed by atoms with E-state index in [-0.39, 0.29) is 10.1 Å². The summed E-state index contributed by atoms with van der Waals surface area (Å²) in [6.07, 6.45) is 0. The van der Waals surface area contributed by atoms with Crippen LogP contribution in [0.4, 0.5) is 0 Å². The second-order valence-electron chi connectivity index (χ2n) is 5.01. The summed E-state index contributed by atoms with van der Waals surface area (Å²) in [4.78, 5) is 11.4. The molecule has 2 rings (SSSR count). The van der Waals surface area contributed by atoms with E-state index in [1.165, 1.54) is 0 Å². The van der Waals surface area contributed by atoms with Gasteiger partial charge >= 0.3 is 134 Å². The average Bonchev–Trinajstić information content (AvgIpc) is 2.46. The molecule has 0 aliphatic heterocycles. The topological polar surface area (TPSA) is 71.4 Å². The van der Waals surface area contributed by atoms with E-state index in [1.54, 1.807) is 43.3 Å². The van der Waals surface area contributed by atoms with Crippen LogP contribution in [0.5, 0.6) is 0 Å². The molecule has 0 amide bonds. The molecule has 1 unspecified atom stereocenters. The van der Waals surface area contributed by atoms with Gasteiger partial charge in [-0.2, -0.15) is 0 Å². The maximum atomic E-state index is 13.0. The Bertz CT molecular complexity index is 782. The van der Waals surface area contributed by atoms with Gasteiger partial charge in [-0.3, -0.25) is 0 Å². The number of aliphatic carboxylic acids is 1. The fraction of sp³-hybridized carbons (Fsp3) is 0.188. The number of hydrogen-bond donors (Lipinski definition) is 1. The molecule has 1 N–H and O–H groups in total. The Labute approximate surface area is 134 Å². The molecular formula is C16H17AsO4S. The molecule has 0 aliphatic carbocycles. The molecule has 0 bridgehead atoms. The molecule has 0 saturated heterocycles. The second kappa shape index (κ2) is 6.67. The number of aryl methyl sites for hydroxylation is 2. The first-order valence-electron chi connectivity index (χ1n) is 6.69. The first kappa shape index (κ1) is 16.8. The van der Waals surface area contributed by atoms with E-state index in [0.717, 1.165) is 5.56 Å². The van der Waals surface area contributed by atoms with Crippen LogP contribution >= 0.6 is 0 Å². The molecule has 0 heterocycles. The molecule has 0 radical (unpaired) electrons. The van der Waals surface area contributed by atoms with Gasteiger partial charge in [-0.05, 0) is 0 Å². The van der Waals surface area contributed by atoms with Crippen LogP contribution in [0, 0.1) is 13.8 Å². The van der Waals surface area contributed by atoms with Gasteiger partial charge in [-0.25, -0.2) is 0 Å². The SMILES string of the molecule is Cc1ccc([As](CC(=O)O)S(=O)(=O)c2ccccc2C)cc1. The van der Waals surface area contributed by atoms with E-state index in [2.05, 4.69) is 0 Å². The third kappa shape index (κ3) is 3.60. The number of carboxylic acids is 1. The molecule has 6 heteroatoms. The van der Waals surface area contributed by atoms with Crippen molar-refractivity contribution in [3.05, 3.63) is 59.7 Å². The molecule has 0 spiro atoms. The number of carboxylic acid groups (broad SMARTS) is 1. The number of rotatable bonds is 5. The number of hydrogen-bond acceptors (Lipinski definition) is 3. The van der Waals surface area contributed by atoms with E-state index in [1.807, 2.05) is 19.1 Å². The van der Waals surface area contributed by atoms with E-state index < -0.39 is 27.6 Å². The average molecular weight is 380 g/mol. The van der Waals surface area contributed by atoms with E-state index in [9.17, 15) is 13.2 Å². The van der Waals surface area contributed by atoms with Crippen molar-refractivity contribution in [1.29, 1.82) is 0 Å². The zero-order valence-corrected chi connectivity index (χ0v) is 15.0. The monoisotopic (exact) mass is 380 g/mol. The second-order valence-corrected chi connectivity index (χ2v) is 15.0. The molecule has 4 nitrogen and oxygen atoms in total. The molecule has 2 aromatic rings. The Morgan fingerprint density at radius 3 is 2.18 bits per heavy atom. The molecular weight excluding hydrogens is 363 g/mol. The summed E-state index contributed by atoms with van der Waals surface area (Å²) in [6, 6.07) is 13.9. The molecule has 1 atom stereocenters. The maximum absolute atomic E-state index is 13.0. The Morgan fingerprint density at radius 1 is 1.05 bits per heavy atom. The fourth-order valence-corrected chi connectivity index (χ4v) is 12.2. The van der Waals surface area contributed by atoms with Crippen molar-refractivity contribution in [3.63, 3.8) is 0 Å². The molecule has 0 aliphatic rings. The van der Waals surface area contributed by atoms with Gasteiger partial charge in [0.15, 0.2) is 0 Å². The van der Waals surface area contributed by atoms with E-state index in [0.29, 0.717) is 9.91 Å². The van der Waals surface area contributed by atoms with Crippen LogP contribution in [0.3, 0.4) is 0 Å². The van der Waals surface area contributed by atoms with Crippen LogP contribution in [-0.4, -0.2) is 33.0 Å². The van der Waals surface area contributed by atoms with Gasteiger partial charge in [-0.15, -0.1) is 0 Å². The summed E-state index contributed by atoms with van der Waals surface area (Å²) < 4.78 is 26.6. The summed E-state index contributed by atoms with van der Waals surface area (Å²) in [5.41, 5.74) is 1.67. The summed E-state index contributed by atoms with van der Waals surface area (Å²) in [5.74, 6) is -1.07. The van der Waals surface area contributed by atoms with Crippen LogP contribution in [-0.2, 0) is 12.9 Å². The number of carbonyl (C=O) groups is 1. The van der Waals surface area contributed by atoms with Crippen molar-refractivity contribution >= 4 is 31.9 Å². The van der Waals surface area contributed by atoms with E-state index in [4.69, 9.17) is 5.11 Å². The Morgan fingerprint density at radius 2 is 1.64 bits per heavy atom. The Hall–Kier alpha value is -1.58. The summed E-state index contributed by atoms with van der Waals surface area (Å²) in [6.45, 7) is 3.64. The van der Waals surface area contributed by atoms with Crippen LogP contribution < -0.4 is 4.35 Å². The van der Waals surface area contributed by atoms with Gasteiger partial charge in [0.05, 0.1) is 0 Å². The van der Waals surface area contributed by atoms with Gasteiger partial charge in [0.25, 0.3) is 0 Å². The summed E-state index contributed by atoms with van der Waals surface area (Å²) >= 11 is -2.85. The predicted octanol–water partition coefficient (Wildman–Crippen LogP) is 2.06. The Balaban J connectivity index is 2.56. The molecule has 22 heavy (non-hydrogen) atoms. The van der Waals surface area contributed by atoms with Crippen LogP contribution in [0.2, 0.25) is 5.21 Å². The van der Waals surface area contributed by atoms with Gasteiger partial charge < -0.3 is 0 Å². The quantitative estimate of drug-likeness (QED) is 0.807. The molecule has 0 fully saturated rings. The van der Waals surface area contributed by atoms with Crippen molar-refractivity contribution in [2.75, 3.05) is 0 Å². The first-order chi connectivity index (χ1) is 10.3. The van der Waals surface area contributed by atoms with Crippen molar-refractivity contribution in [1.82, 2.24) is 0 Å². The zero-order chi connectivity index (χ0) is 16.3. The minimum atomic E-state index is -3.63. The minimum absolute atomic E-state index is 0.247. The number of benzene rings is 2. The zero-order valence-electron chi connectivity index (χ0n) is 12.4. The molecule has 0 aromatic heterocycles. The normalized spacial score (nSPS) is 12.8. The van der Waals surface area contributed by atoms with Crippen LogP contribution in [0.25, 0.3) is 0 Å². The summed E-state index contributed by atoms with van der Waals surface area (Å²) in [7, 11) is -3.63. The fourth-order valence-electron chi connectivity index (χ4n) is 2.11. The predicted molar refractivity (Wildman–Crippen MR) is 87.4 cm³/mol. The van der Waals surface area contributed by atoms with Crippen molar-refractivity contribution in [3.8, 4) is 0 Å². The van der Waals surface area contributed by atoms with Crippen molar-refractivity contribution < 1.29 is 18.3 Å². The van der Waals surface area contributed by atoms with Gasteiger partial charge in [0.2, 0.25) is 0 Å².